The fourth-order valence-corrected chi connectivity index (χ4v) is 5.32. The topological polar surface area (TPSA) is 125 Å². The van der Waals surface area contributed by atoms with E-state index in [9.17, 15) is 22.4 Å². The molecule has 4 rings (SSSR count). The summed E-state index contributed by atoms with van der Waals surface area (Å²) in [6.45, 7) is 7.13. The van der Waals surface area contributed by atoms with Gasteiger partial charge in [-0.2, -0.15) is 0 Å². The highest BCUT2D eigenvalue weighted by molar-refractivity contribution is 7.89. The van der Waals surface area contributed by atoms with E-state index in [1.165, 1.54) is 10.6 Å². The van der Waals surface area contributed by atoms with Crippen LogP contribution in [0, 0.1) is 17.2 Å². The third kappa shape index (κ3) is 5.08. The number of nitrogens with two attached hydrogens (primary N) is 1. The Balaban J connectivity index is 1.51. The number of nitrogens with zero attached hydrogens (tertiary/aromatic N) is 2. The van der Waals surface area contributed by atoms with Gasteiger partial charge in [0.2, 0.25) is 10.0 Å². The van der Waals surface area contributed by atoms with Crippen molar-refractivity contribution in [3.8, 4) is 0 Å². The first kappa shape index (κ1) is 23.7. The van der Waals surface area contributed by atoms with Crippen LogP contribution in [0.1, 0.15) is 52.9 Å². The van der Waals surface area contributed by atoms with Crippen molar-refractivity contribution in [3.63, 3.8) is 0 Å². The molecular formula is C22H30FN3O6S. The Morgan fingerprint density at radius 1 is 1.33 bits per heavy atom. The molecule has 2 fully saturated rings. The van der Waals surface area contributed by atoms with Gasteiger partial charge in [-0.3, -0.25) is 4.57 Å². The Morgan fingerprint density at radius 3 is 2.64 bits per heavy atom. The van der Waals surface area contributed by atoms with Crippen molar-refractivity contribution in [1.82, 2.24) is 9.47 Å². The van der Waals surface area contributed by atoms with Crippen LogP contribution in [-0.4, -0.2) is 42.7 Å². The van der Waals surface area contributed by atoms with E-state index in [1.807, 2.05) is 20.8 Å². The maximum Gasteiger partial charge on any atom is 0.420 e. The number of benzene rings is 1. The van der Waals surface area contributed by atoms with E-state index in [4.69, 9.17) is 14.3 Å². The van der Waals surface area contributed by atoms with E-state index in [0.29, 0.717) is 19.6 Å². The molecule has 1 saturated carbocycles. The summed E-state index contributed by atoms with van der Waals surface area (Å²) in [6, 6.07) is 2.40. The van der Waals surface area contributed by atoms with Crippen molar-refractivity contribution in [2.24, 2.45) is 16.5 Å². The van der Waals surface area contributed by atoms with Crippen LogP contribution in [-0.2, 0) is 21.3 Å². The number of ether oxygens (including phenoxy) is 1. The maximum absolute atomic E-state index is 14.7. The number of aromatic nitrogens is 1. The molecule has 0 spiro atoms. The van der Waals surface area contributed by atoms with Crippen molar-refractivity contribution >= 4 is 27.2 Å². The largest absolute Gasteiger partial charge is 0.444 e. The monoisotopic (exact) mass is 483 g/mol. The standard InChI is InChI=1S/C22H30FN3O6S/c1-21(2,3)32-19(27)25-10-4-5-14(12-25)11-22(8-9-22)13-26-15-6-7-16(33(24,29)30)17(23)18(15)31-20(26)28/h6-7,14H,4-5,8-13H2,1-3H3,(H2,24,29,30). The summed E-state index contributed by atoms with van der Waals surface area (Å²) in [5.74, 6) is -1.62. The number of piperidine rings is 1. The number of halogens is 1. The number of amides is 1. The molecule has 1 unspecified atom stereocenters. The zero-order valence-corrected chi connectivity index (χ0v) is 19.9. The summed E-state index contributed by atoms with van der Waals surface area (Å²) in [4.78, 5) is 26.0. The summed E-state index contributed by atoms with van der Waals surface area (Å²) in [7, 11) is -4.28. The normalized spacial score (nSPS) is 20.8. The number of primary sulfonamides is 1. The van der Waals surface area contributed by atoms with E-state index in [-0.39, 0.29) is 22.9 Å². The van der Waals surface area contributed by atoms with Crippen LogP contribution in [0.15, 0.2) is 26.2 Å². The van der Waals surface area contributed by atoms with Gasteiger partial charge in [-0.15, -0.1) is 0 Å². The molecule has 2 aliphatic rings. The molecule has 1 atom stereocenters. The van der Waals surface area contributed by atoms with Crippen molar-refractivity contribution < 1.29 is 26.8 Å². The highest BCUT2D eigenvalue weighted by Crippen LogP contribution is 2.53. The summed E-state index contributed by atoms with van der Waals surface area (Å²) in [5, 5.41) is 5.04. The van der Waals surface area contributed by atoms with Gasteiger partial charge in [0.25, 0.3) is 0 Å². The van der Waals surface area contributed by atoms with Crippen LogP contribution in [0.25, 0.3) is 11.1 Å². The molecule has 2 aromatic rings. The SMILES string of the molecule is CC(C)(C)OC(=O)N1CCCC(CC2(Cn3c(=O)oc4c(F)c(S(N)(=O)=O)ccc43)CC2)C1. The lowest BCUT2D eigenvalue weighted by Gasteiger charge is -2.35. The van der Waals surface area contributed by atoms with Crippen LogP contribution < -0.4 is 10.9 Å². The minimum atomic E-state index is -4.28. The minimum absolute atomic E-state index is 0.142. The summed E-state index contributed by atoms with van der Waals surface area (Å²) in [6.07, 6.45) is 4.20. The van der Waals surface area contributed by atoms with Crippen LogP contribution in [0.5, 0.6) is 0 Å². The molecule has 2 N–H and O–H groups in total. The van der Waals surface area contributed by atoms with E-state index in [2.05, 4.69) is 0 Å². The van der Waals surface area contributed by atoms with Crippen molar-refractivity contribution in [3.05, 3.63) is 28.5 Å². The van der Waals surface area contributed by atoms with Crippen LogP contribution in [0.2, 0.25) is 0 Å². The van der Waals surface area contributed by atoms with Crippen LogP contribution in [0.4, 0.5) is 9.18 Å². The van der Waals surface area contributed by atoms with Crippen molar-refractivity contribution in [2.45, 2.75) is 69.9 Å². The number of carbonyl (C=O) groups is 1. The molecule has 1 aliphatic carbocycles. The lowest BCUT2D eigenvalue weighted by molar-refractivity contribution is 0.0147. The first-order valence-corrected chi connectivity index (χ1v) is 12.7. The molecule has 1 aliphatic heterocycles. The minimum Gasteiger partial charge on any atom is -0.444 e. The van der Waals surface area contributed by atoms with Gasteiger partial charge >= 0.3 is 11.8 Å². The molecule has 11 heteroatoms. The molecular weight excluding hydrogens is 453 g/mol. The van der Waals surface area contributed by atoms with Gasteiger partial charge in [-0.25, -0.2) is 27.5 Å². The average molecular weight is 484 g/mol. The quantitative estimate of drug-likeness (QED) is 0.696. The second-order valence-electron chi connectivity index (χ2n) is 10.4. The molecule has 0 radical (unpaired) electrons. The lowest BCUT2D eigenvalue weighted by Crippen LogP contribution is -2.43. The van der Waals surface area contributed by atoms with Gasteiger partial charge < -0.3 is 14.1 Å². The van der Waals surface area contributed by atoms with E-state index in [1.54, 1.807) is 4.90 Å². The third-order valence-corrected chi connectivity index (χ3v) is 7.32. The average Bonchev–Trinajstić information content (AvgIpc) is 3.37. The van der Waals surface area contributed by atoms with Gasteiger partial charge in [-0.1, -0.05) is 0 Å². The number of hydrogen-bond acceptors (Lipinski definition) is 6. The highest BCUT2D eigenvalue weighted by atomic mass is 32.2. The fraction of sp³-hybridized carbons (Fsp3) is 0.636. The second-order valence-corrected chi connectivity index (χ2v) is 11.9. The third-order valence-electron chi connectivity index (χ3n) is 6.39. The zero-order chi connectivity index (χ0) is 24.2. The fourth-order valence-electron chi connectivity index (χ4n) is 4.72. The second kappa shape index (κ2) is 8.12. The Bertz CT molecular complexity index is 1240. The Labute approximate surface area is 191 Å². The van der Waals surface area contributed by atoms with E-state index < -0.39 is 37.7 Å². The Morgan fingerprint density at radius 2 is 2.03 bits per heavy atom. The Kier molecular flexibility index (Phi) is 5.84. The molecule has 1 amide bonds. The molecule has 1 aromatic carbocycles. The van der Waals surface area contributed by atoms with E-state index >= 15 is 0 Å². The van der Waals surface area contributed by atoms with Crippen LogP contribution in [0.3, 0.4) is 0 Å². The summed E-state index contributed by atoms with van der Waals surface area (Å²) >= 11 is 0. The summed E-state index contributed by atoms with van der Waals surface area (Å²) < 4.78 is 49.8. The number of likely N-dealkylation sites (tertiary alicyclic amines) is 1. The summed E-state index contributed by atoms with van der Waals surface area (Å²) in [5.41, 5.74) is -0.896. The van der Waals surface area contributed by atoms with Gasteiger partial charge in [-0.05, 0) is 76.3 Å². The molecule has 33 heavy (non-hydrogen) atoms. The van der Waals surface area contributed by atoms with Crippen molar-refractivity contribution in [2.75, 3.05) is 13.1 Å². The van der Waals surface area contributed by atoms with Gasteiger partial charge in [0.05, 0.1) is 5.52 Å². The highest BCUT2D eigenvalue weighted by Gasteiger charge is 2.46. The molecule has 2 heterocycles. The lowest BCUT2D eigenvalue weighted by atomic mass is 9.86. The van der Waals surface area contributed by atoms with Crippen molar-refractivity contribution in [1.29, 1.82) is 0 Å². The predicted octanol–water partition coefficient (Wildman–Crippen LogP) is 3.20. The number of hydrogen-bond donors (Lipinski definition) is 1. The maximum atomic E-state index is 14.7. The molecule has 182 valence electrons. The molecule has 1 saturated heterocycles. The molecule has 0 bridgehead atoms. The predicted molar refractivity (Wildman–Crippen MR) is 119 cm³/mol. The number of oxazole rings is 1. The number of carbonyl (C=O) groups excluding carboxylic acids is 1. The van der Waals surface area contributed by atoms with E-state index in [0.717, 1.165) is 38.2 Å². The number of rotatable bonds is 5. The first-order chi connectivity index (χ1) is 15.3. The molecule has 1 aromatic heterocycles. The molecule has 9 nitrogen and oxygen atoms in total. The van der Waals surface area contributed by atoms with Gasteiger partial charge in [0.1, 0.15) is 10.5 Å². The van der Waals surface area contributed by atoms with Gasteiger partial charge in [0, 0.05) is 19.6 Å². The van der Waals surface area contributed by atoms with Gasteiger partial charge in [0.15, 0.2) is 11.4 Å². The number of sulfonamides is 1. The number of fused-ring (bicyclic) bond motifs is 1. The van der Waals surface area contributed by atoms with Crippen LogP contribution >= 0.6 is 0 Å². The zero-order valence-electron chi connectivity index (χ0n) is 19.1. The smallest absolute Gasteiger partial charge is 0.420 e. The Hall–Kier alpha value is -2.40. The first-order valence-electron chi connectivity index (χ1n) is 11.1.